The fourth-order valence-corrected chi connectivity index (χ4v) is 13.0. The van der Waals surface area contributed by atoms with Gasteiger partial charge in [0.15, 0.2) is 0 Å². The van der Waals surface area contributed by atoms with Crippen molar-refractivity contribution in [2.24, 2.45) is 0 Å². The minimum absolute atomic E-state index is 0.500. The van der Waals surface area contributed by atoms with Crippen LogP contribution in [0, 0.1) is 0 Å². The molecule has 0 aliphatic heterocycles. The highest BCUT2D eigenvalue weighted by molar-refractivity contribution is 8.03. The first-order chi connectivity index (χ1) is 7.52. The van der Waals surface area contributed by atoms with Crippen molar-refractivity contribution in [1.29, 1.82) is 0 Å². The summed E-state index contributed by atoms with van der Waals surface area (Å²) in [6.45, 7) is 11.7. The Morgan fingerprint density at radius 2 is 1.12 bits per heavy atom. The van der Waals surface area contributed by atoms with Gasteiger partial charge in [0.2, 0.25) is 5.29 Å². The molecule has 16 heavy (non-hydrogen) atoms. The van der Waals surface area contributed by atoms with Crippen molar-refractivity contribution in [3.05, 3.63) is 0 Å². The van der Waals surface area contributed by atoms with Crippen molar-refractivity contribution >= 4 is 19.4 Å². The van der Waals surface area contributed by atoms with Crippen molar-refractivity contribution in [2.75, 3.05) is 37.0 Å². The van der Waals surface area contributed by atoms with Gasteiger partial charge in [0, 0.05) is 0 Å². The molecule has 0 aliphatic rings. The molecule has 0 amide bonds. The van der Waals surface area contributed by atoms with Crippen molar-refractivity contribution in [3.8, 4) is 0 Å². The Labute approximate surface area is 103 Å². The van der Waals surface area contributed by atoms with Crippen LogP contribution in [0.5, 0.6) is 0 Å². The van der Waals surface area contributed by atoms with E-state index in [9.17, 15) is 0 Å². The highest BCUT2D eigenvalue weighted by Crippen LogP contribution is 2.68. The van der Waals surface area contributed by atoms with Gasteiger partial charge < -0.3 is 0 Å². The van der Waals surface area contributed by atoms with Crippen LogP contribution in [0.4, 0.5) is 4.39 Å². The van der Waals surface area contributed by atoms with Crippen molar-refractivity contribution in [1.82, 2.24) is 0 Å². The summed E-state index contributed by atoms with van der Waals surface area (Å²) in [4.78, 5) is 0. The van der Waals surface area contributed by atoms with Gasteiger partial charge in [-0.2, -0.15) is 4.39 Å². The van der Waals surface area contributed by atoms with Crippen molar-refractivity contribution < 1.29 is 4.39 Å². The maximum absolute atomic E-state index is 15.1. The van der Waals surface area contributed by atoms with Crippen LogP contribution in [0.2, 0.25) is 0 Å². The summed E-state index contributed by atoms with van der Waals surface area (Å²) in [6, 6.07) is 0. The molecule has 0 N–H and O–H groups in total. The molecular weight excluding hydrogens is 237 g/mol. The third-order valence-electron chi connectivity index (χ3n) is 4.41. The van der Waals surface area contributed by atoms with Crippen LogP contribution >= 0.6 is 14.1 Å². The average Bonchev–Trinajstić information content (AvgIpc) is 2.35. The summed E-state index contributed by atoms with van der Waals surface area (Å²) in [5.41, 5.74) is 0. The smallest absolute Gasteiger partial charge is 0.166 e. The number of rotatable bonds is 7. The normalized spacial score (nSPS) is 12.9. The van der Waals surface area contributed by atoms with Gasteiger partial charge in [0.05, 0.1) is 25.7 Å². The quantitative estimate of drug-likeness (QED) is 0.556. The van der Waals surface area contributed by atoms with E-state index in [-0.39, 0.29) is 0 Å². The molecule has 0 spiro atoms. The summed E-state index contributed by atoms with van der Waals surface area (Å²) in [7, 11) is -1.40. The second kappa shape index (κ2) is 7.17. The van der Waals surface area contributed by atoms with E-state index in [1.807, 2.05) is 0 Å². The maximum Gasteiger partial charge on any atom is 0.230 e. The van der Waals surface area contributed by atoms with Gasteiger partial charge in [0.1, 0.15) is 0 Å². The van der Waals surface area contributed by atoms with Gasteiger partial charge in [-0.25, -0.2) is 0 Å². The van der Waals surface area contributed by atoms with Gasteiger partial charge in [-0.1, -0.05) is 20.8 Å². The largest absolute Gasteiger partial charge is 0.230 e. The molecule has 0 bridgehead atoms. The Morgan fingerprint density at radius 3 is 1.31 bits per heavy atom. The van der Waals surface area contributed by atoms with Gasteiger partial charge in [0.25, 0.3) is 0 Å². The molecule has 0 heterocycles. The van der Waals surface area contributed by atoms with Gasteiger partial charge >= 0.3 is 0 Å². The van der Waals surface area contributed by atoms with Gasteiger partial charge in [-0.3, -0.25) is 0 Å². The Morgan fingerprint density at radius 1 is 0.812 bits per heavy atom. The third kappa shape index (κ3) is 2.91. The Balaban J connectivity index is 5.69. The summed E-state index contributed by atoms with van der Waals surface area (Å²) < 4.78 is 15.1. The molecule has 0 aromatic heterocycles. The Kier molecular flexibility index (Phi) is 7.47. The van der Waals surface area contributed by atoms with Crippen LogP contribution in [0.25, 0.3) is 0 Å². The molecule has 0 fully saturated rings. The lowest BCUT2D eigenvalue weighted by Crippen LogP contribution is -2.14. The van der Waals surface area contributed by atoms with E-state index in [0.717, 1.165) is 37.0 Å². The summed E-state index contributed by atoms with van der Waals surface area (Å²) in [6.07, 6.45) is 6.38. The van der Waals surface area contributed by atoms with Gasteiger partial charge in [-0.15, -0.1) is 0 Å². The molecular formula is C13H30FP2+. The van der Waals surface area contributed by atoms with Crippen LogP contribution in [-0.4, -0.2) is 42.3 Å². The molecule has 0 aromatic carbocycles. The summed E-state index contributed by atoms with van der Waals surface area (Å²) >= 11 is 0. The third-order valence-corrected chi connectivity index (χ3v) is 15.8. The van der Waals surface area contributed by atoms with E-state index in [0.29, 0.717) is 5.29 Å². The minimum atomic E-state index is -1.40. The molecule has 0 aliphatic carbocycles. The lowest BCUT2D eigenvalue weighted by atomic mass is 10.9. The Bertz CT molecular complexity index is 227. The van der Waals surface area contributed by atoms with E-state index < -0.39 is 14.1 Å². The molecule has 0 atom stereocenters. The van der Waals surface area contributed by atoms with E-state index >= 15 is 4.39 Å². The first kappa shape index (κ1) is 16.7. The second-order valence-corrected chi connectivity index (χ2v) is 14.0. The second-order valence-electron chi connectivity index (χ2n) is 4.46. The number of halogens is 1. The first-order valence-corrected chi connectivity index (χ1v) is 11.5. The minimum Gasteiger partial charge on any atom is -0.166 e. The molecule has 98 valence electrons. The van der Waals surface area contributed by atoms with E-state index in [1.165, 1.54) is 0 Å². The zero-order valence-electron chi connectivity index (χ0n) is 12.0. The van der Waals surface area contributed by atoms with E-state index in [2.05, 4.69) is 41.5 Å². The molecule has 0 nitrogen and oxygen atoms in total. The van der Waals surface area contributed by atoms with Crippen LogP contribution in [0.1, 0.15) is 41.5 Å². The molecule has 0 rings (SSSR count). The molecule has 0 radical (unpaired) electrons. The SMILES string of the molecule is CCP(CC)(CC)=C(F)[P+](CC)(CC)CC. The topological polar surface area (TPSA) is 0 Å². The van der Waals surface area contributed by atoms with E-state index in [4.69, 9.17) is 0 Å². The summed E-state index contributed by atoms with van der Waals surface area (Å²) in [5, 5.41) is 0.500. The average molecular weight is 267 g/mol. The van der Waals surface area contributed by atoms with Crippen molar-refractivity contribution in [3.63, 3.8) is 0 Å². The highest BCUT2D eigenvalue weighted by atomic mass is 31.2. The number of hydrogen-bond acceptors (Lipinski definition) is 0. The highest BCUT2D eigenvalue weighted by Gasteiger charge is 2.42. The fourth-order valence-electron chi connectivity index (χ4n) is 2.57. The monoisotopic (exact) mass is 267 g/mol. The number of hydrogen-bond donors (Lipinski definition) is 0. The standard InChI is InChI=1S/C13H30FP2/c1-7-15(8-2,9-3)13(14)16(10-4,11-5)12-6/h7-12H2,1-6H3/q+1. The predicted molar refractivity (Wildman–Crippen MR) is 83.2 cm³/mol. The molecule has 3 heteroatoms. The van der Waals surface area contributed by atoms with Crippen molar-refractivity contribution in [2.45, 2.75) is 41.5 Å². The maximum atomic E-state index is 15.1. The van der Waals surface area contributed by atoms with Crippen LogP contribution in [0.15, 0.2) is 0 Å². The van der Waals surface area contributed by atoms with Crippen LogP contribution < -0.4 is 0 Å². The predicted octanol–water partition coefficient (Wildman–Crippen LogP) is 5.20. The molecule has 0 saturated heterocycles. The Hall–Kier alpha value is 0.660. The lowest BCUT2D eigenvalue weighted by molar-refractivity contribution is 0.843. The fraction of sp³-hybridized carbons (Fsp3) is 0.923. The zero-order valence-corrected chi connectivity index (χ0v) is 13.8. The van der Waals surface area contributed by atoms with Crippen LogP contribution in [-0.2, 0) is 0 Å². The lowest BCUT2D eigenvalue weighted by Gasteiger charge is -2.29. The zero-order chi connectivity index (χ0) is 12.8. The summed E-state index contributed by atoms with van der Waals surface area (Å²) in [5.74, 6) is 0. The van der Waals surface area contributed by atoms with Gasteiger partial charge in [-0.05, 0) is 46.1 Å². The first-order valence-electron chi connectivity index (χ1n) is 6.78. The van der Waals surface area contributed by atoms with E-state index in [1.54, 1.807) is 0 Å². The molecule has 0 unspecified atom stereocenters. The molecule has 0 saturated carbocycles. The van der Waals surface area contributed by atoms with Crippen LogP contribution in [0.3, 0.4) is 0 Å². The molecule has 0 aromatic rings.